The third-order valence-electron chi connectivity index (χ3n) is 1.40. The van der Waals surface area contributed by atoms with Gasteiger partial charge in [-0.3, -0.25) is 0 Å². The van der Waals surface area contributed by atoms with Crippen molar-refractivity contribution in [3.63, 3.8) is 0 Å². The molecule has 0 aliphatic heterocycles. The summed E-state index contributed by atoms with van der Waals surface area (Å²) >= 11 is 0. The Morgan fingerprint density at radius 1 is 1.55 bits per heavy atom. The molecule has 0 radical (unpaired) electrons. The number of H-pyrrole nitrogens is 1. The fraction of sp³-hybridized carbons (Fsp3) is 0.167. The summed E-state index contributed by atoms with van der Waals surface area (Å²) in [5, 5.41) is 7.45. The van der Waals surface area contributed by atoms with Crippen LogP contribution in [-0.2, 0) is 0 Å². The maximum absolute atomic E-state index is 4.93. The number of aromatic amines is 1. The predicted octanol–water partition coefficient (Wildman–Crippen LogP) is 0.361. The van der Waals surface area contributed by atoms with E-state index in [0.29, 0.717) is 11.4 Å². The van der Waals surface area contributed by atoms with Crippen LogP contribution in [0.5, 0.6) is 5.88 Å². The molecule has 0 atom stereocenters. The molecule has 2 aromatic rings. The average molecular weight is 150 g/mol. The maximum Gasteiger partial charge on any atom is 0.261 e. The van der Waals surface area contributed by atoms with Gasteiger partial charge in [0.15, 0.2) is 5.52 Å². The van der Waals surface area contributed by atoms with Gasteiger partial charge in [0, 0.05) is 0 Å². The lowest BCUT2D eigenvalue weighted by Gasteiger charge is -1.95. The van der Waals surface area contributed by atoms with Crippen LogP contribution in [0.25, 0.3) is 11.0 Å². The molecule has 0 bridgehead atoms. The highest BCUT2D eigenvalue weighted by atomic mass is 16.5. The molecule has 2 rings (SSSR count). The number of fused-ring (bicyclic) bond motifs is 1. The lowest BCUT2D eigenvalue weighted by Crippen LogP contribution is -1.90. The summed E-state index contributed by atoms with van der Waals surface area (Å²) in [6.45, 7) is 0. The second-order valence-electron chi connectivity index (χ2n) is 2.02. The lowest BCUT2D eigenvalue weighted by molar-refractivity contribution is 0.397. The zero-order valence-corrected chi connectivity index (χ0v) is 5.90. The summed E-state index contributed by atoms with van der Waals surface area (Å²) in [5.74, 6) is 0.448. The minimum atomic E-state index is 0.448. The number of methoxy groups -OCH3 is 1. The van der Waals surface area contributed by atoms with Gasteiger partial charge in [0.25, 0.3) is 5.88 Å². The van der Waals surface area contributed by atoms with E-state index in [9.17, 15) is 0 Å². The van der Waals surface area contributed by atoms with Crippen molar-refractivity contribution in [3.05, 3.63) is 12.5 Å². The van der Waals surface area contributed by atoms with Gasteiger partial charge >= 0.3 is 0 Å². The molecule has 0 amide bonds. The number of aromatic nitrogens is 4. The highest BCUT2D eigenvalue weighted by Gasteiger charge is 2.03. The van der Waals surface area contributed by atoms with E-state index in [4.69, 9.17) is 4.74 Å². The Hall–Kier alpha value is -1.65. The molecule has 2 aromatic heterocycles. The van der Waals surface area contributed by atoms with Gasteiger partial charge in [-0.2, -0.15) is 5.10 Å². The first-order valence-electron chi connectivity index (χ1n) is 3.10. The Morgan fingerprint density at radius 2 is 2.45 bits per heavy atom. The molecule has 0 saturated carbocycles. The van der Waals surface area contributed by atoms with E-state index < -0.39 is 0 Å². The second-order valence-corrected chi connectivity index (χ2v) is 2.02. The first kappa shape index (κ1) is 6.09. The van der Waals surface area contributed by atoms with Gasteiger partial charge in [0.2, 0.25) is 0 Å². The van der Waals surface area contributed by atoms with Crippen LogP contribution in [0.15, 0.2) is 12.5 Å². The SMILES string of the molecule is COc1nncc2[nH]cnc12. The number of ether oxygens (including phenoxy) is 1. The maximum atomic E-state index is 4.93. The average Bonchev–Trinajstić information content (AvgIpc) is 2.50. The van der Waals surface area contributed by atoms with Gasteiger partial charge < -0.3 is 9.72 Å². The van der Waals surface area contributed by atoms with Crippen molar-refractivity contribution in [1.29, 1.82) is 0 Å². The summed E-state index contributed by atoms with van der Waals surface area (Å²) < 4.78 is 4.93. The van der Waals surface area contributed by atoms with Crippen molar-refractivity contribution in [2.45, 2.75) is 0 Å². The molecule has 1 N–H and O–H groups in total. The normalized spacial score (nSPS) is 10.3. The number of hydrogen-bond acceptors (Lipinski definition) is 4. The smallest absolute Gasteiger partial charge is 0.261 e. The molecule has 0 aromatic carbocycles. The van der Waals surface area contributed by atoms with Crippen molar-refractivity contribution >= 4 is 11.0 Å². The molecular formula is C6H6N4O. The number of imidazole rings is 1. The minimum Gasteiger partial charge on any atom is -0.478 e. The third kappa shape index (κ3) is 0.813. The highest BCUT2D eigenvalue weighted by molar-refractivity contribution is 5.77. The molecule has 5 heteroatoms. The molecule has 56 valence electrons. The van der Waals surface area contributed by atoms with E-state index >= 15 is 0 Å². The summed E-state index contributed by atoms with van der Waals surface area (Å²) in [6.07, 6.45) is 3.18. The van der Waals surface area contributed by atoms with Gasteiger partial charge in [-0.05, 0) is 0 Å². The van der Waals surface area contributed by atoms with Crippen LogP contribution >= 0.6 is 0 Å². The fourth-order valence-electron chi connectivity index (χ4n) is 0.897. The van der Waals surface area contributed by atoms with Crippen molar-refractivity contribution in [3.8, 4) is 5.88 Å². The molecule has 2 heterocycles. The van der Waals surface area contributed by atoms with Gasteiger partial charge in [-0.15, -0.1) is 5.10 Å². The van der Waals surface area contributed by atoms with E-state index in [-0.39, 0.29) is 0 Å². The van der Waals surface area contributed by atoms with Crippen molar-refractivity contribution < 1.29 is 4.74 Å². The van der Waals surface area contributed by atoms with Crippen LogP contribution < -0.4 is 4.74 Å². The zero-order chi connectivity index (χ0) is 7.68. The molecule has 0 spiro atoms. The zero-order valence-electron chi connectivity index (χ0n) is 5.90. The molecule has 0 saturated heterocycles. The highest BCUT2D eigenvalue weighted by Crippen LogP contribution is 2.16. The van der Waals surface area contributed by atoms with Crippen molar-refractivity contribution in [1.82, 2.24) is 20.2 Å². The minimum absolute atomic E-state index is 0.448. The van der Waals surface area contributed by atoms with Gasteiger partial charge in [-0.1, -0.05) is 0 Å². The van der Waals surface area contributed by atoms with E-state index in [1.807, 2.05) is 0 Å². The quantitative estimate of drug-likeness (QED) is 0.637. The predicted molar refractivity (Wildman–Crippen MR) is 38.2 cm³/mol. The molecule has 0 unspecified atom stereocenters. The summed E-state index contributed by atoms with van der Waals surface area (Å²) in [5.41, 5.74) is 1.54. The van der Waals surface area contributed by atoms with Crippen LogP contribution in [0.3, 0.4) is 0 Å². The Labute approximate surface area is 62.4 Å². The standard InChI is InChI=1S/C6H6N4O/c1-11-6-5-4(2-9-10-6)7-3-8-5/h2-3H,1H3,(H,7,8). The molecule has 0 aliphatic rings. The number of nitrogens with one attached hydrogen (secondary N) is 1. The fourth-order valence-corrected chi connectivity index (χ4v) is 0.897. The van der Waals surface area contributed by atoms with Crippen molar-refractivity contribution in [2.24, 2.45) is 0 Å². The van der Waals surface area contributed by atoms with E-state index in [0.717, 1.165) is 5.52 Å². The molecule has 0 aliphatic carbocycles. The number of nitrogens with zero attached hydrogens (tertiary/aromatic N) is 3. The van der Waals surface area contributed by atoms with Crippen LogP contribution in [-0.4, -0.2) is 27.3 Å². The Morgan fingerprint density at radius 3 is 3.27 bits per heavy atom. The first-order valence-corrected chi connectivity index (χ1v) is 3.10. The van der Waals surface area contributed by atoms with Crippen LogP contribution in [0.4, 0.5) is 0 Å². The van der Waals surface area contributed by atoms with Gasteiger partial charge in [-0.25, -0.2) is 4.98 Å². The van der Waals surface area contributed by atoms with Crippen LogP contribution in [0.2, 0.25) is 0 Å². The van der Waals surface area contributed by atoms with Crippen LogP contribution in [0.1, 0.15) is 0 Å². The van der Waals surface area contributed by atoms with Gasteiger partial charge in [0.1, 0.15) is 0 Å². The largest absolute Gasteiger partial charge is 0.478 e. The first-order chi connectivity index (χ1) is 5.42. The monoisotopic (exact) mass is 150 g/mol. The lowest BCUT2D eigenvalue weighted by atomic mass is 10.5. The summed E-state index contributed by atoms with van der Waals surface area (Å²) in [6, 6.07) is 0. The Bertz CT molecular complexity index is 369. The summed E-state index contributed by atoms with van der Waals surface area (Å²) in [7, 11) is 1.54. The third-order valence-corrected chi connectivity index (χ3v) is 1.40. The second kappa shape index (κ2) is 2.19. The van der Waals surface area contributed by atoms with Crippen LogP contribution in [0, 0.1) is 0 Å². The topological polar surface area (TPSA) is 63.7 Å². The van der Waals surface area contributed by atoms with Gasteiger partial charge in [0.05, 0.1) is 25.2 Å². The molecular weight excluding hydrogens is 144 g/mol. The van der Waals surface area contributed by atoms with Crippen molar-refractivity contribution in [2.75, 3.05) is 7.11 Å². The van der Waals surface area contributed by atoms with E-state index in [1.54, 1.807) is 12.5 Å². The Balaban J connectivity index is 2.79. The Kier molecular flexibility index (Phi) is 1.21. The molecule has 5 nitrogen and oxygen atoms in total. The molecule has 0 fully saturated rings. The van der Waals surface area contributed by atoms with E-state index in [1.165, 1.54) is 7.11 Å². The number of rotatable bonds is 1. The van der Waals surface area contributed by atoms with E-state index in [2.05, 4.69) is 20.2 Å². The summed E-state index contributed by atoms with van der Waals surface area (Å²) in [4.78, 5) is 6.91. The molecule has 11 heavy (non-hydrogen) atoms. The number of hydrogen-bond donors (Lipinski definition) is 1.